The second-order valence-electron chi connectivity index (χ2n) is 9.68. The van der Waals surface area contributed by atoms with Gasteiger partial charge in [0, 0.05) is 32.7 Å². The summed E-state index contributed by atoms with van der Waals surface area (Å²) >= 11 is 1.81. The molecule has 1 saturated heterocycles. The van der Waals surface area contributed by atoms with Gasteiger partial charge in [0.15, 0.2) is 0 Å². The first kappa shape index (κ1) is 25.2. The average molecular weight is 512 g/mol. The molecule has 0 N–H and O–H groups in total. The van der Waals surface area contributed by atoms with Crippen molar-refractivity contribution in [2.75, 3.05) is 58.3 Å². The highest BCUT2D eigenvalue weighted by Crippen LogP contribution is 2.43. The number of hydrogen-bond donors (Lipinski definition) is 0. The minimum Gasteiger partial charge on any atom is -0.496 e. The second kappa shape index (κ2) is 11.3. The number of methoxy groups -OCH3 is 3. The van der Waals surface area contributed by atoms with Crippen molar-refractivity contribution in [3.05, 3.63) is 35.9 Å². The molecule has 194 valence electrons. The first-order valence-corrected chi connectivity index (χ1v) is 13.9. The quantitative estimate of drug-likeness (QED) is 0.296. The predicted octanol–water partition coefficient (Wildman–Crippen LogP) is 5.53. The lowest BCUT2D eigenvalue weighted by molar-refractivity contribution is 0.184. The molecule has 1 unspecified atom stereocenters. The molecule has 5 rings (SSSR count). The molecular weight excluding hydrogens is 474 g/mol. The average Bonchev–Trinajstić information content (AvgIpc) is 3.40. The summed E-state index contributed by atoms with van der Waals surface area (Å²) in [7, 11) is 5.09. The van der Waals surface area contributed by atoms with Crippen molar-refractivity contribution in [1.29, 1.82) is 0 Å². The molecule has 0 bridgehead atoms. The minimum atomic E-state index is 0.488. The van der Waals surface area contributed by atoms with Crippen LogP contribution in [0.25, 0.3) is 16.8 Å². The Morgan fingerprint density at radius 1 is 1.06 bits per heavy atom. The molecule has 2 aromatic heterocycles. The van der Waals surface area contributed by atoms with Gasteiger partial charge in [0.25, 0.3) is 0 Å². The van der Waals surface area contributed by atoms with Crippen molar-refractivity contribution in [3.8, 4) is 22.8 Å². The Labute approximate surface area is 218 Å². The molecule has 1 saturated carbocycles. The van der Waals surface area contributed by atoms with Crippen LogP contribution in [0.1, 0.15) is 31.7 Å². The van der Waals surface area contributed by atoms with Crippen LogP contribution < -0.4 is 14.4 Å². The molecule has 7 nitrogen and oxygen atoms in total. The summed E-state index contributed by atoms with van der Waals surface area (Å²) in [6, 6.07) is 10.4. The lowest BCUT2D eigenvalue weighted by Gasteiger charge is -2.27. The molecule has 1 atom stereocenters. The number of aromatic nitrogens is 2. The van der Waals surface area contributed by atoms with Gasteiger partial charge in [0.1, 0.15) is 16.5 Å². The van der Waals surface area contributed by atoms with Crippen LogP contribution in [-0.2, 0) is 16.1 Å². The zero-order chi connectivity index (χ0) is 25.1. The van der Waals surface area contributed by atoms with E-state index in [9.17, 15) is 0 Å². The van der Waals surface area contributed by atoms with Crippen LogP contribution >= 0.6 is 11.8 Å². The largest absolute Gasteiger partial charge is 0.496 e. The van der Waals surface area contributed by atoms with Gasteiger partial charge in [-0.2, -0.15) is 5.10 Å². The van der Waals surface area contributed by atoms with E-state index in [0.717, 1.165) is 83.3 Å². The van der Waals surface area contributed by atoms with Crippen LogP contribution in [0.5, 0.6) is 11.5 Å². The van der Waals surface area contributed by atoms with Crippen LogP contribution in [0.4, 0.5) is 5.69 Å². The lowest BCUT2D eigenvalue weighted by atomic mass is 10.0. The van der Waals surface area contributed by atoms with Gasteiger partial charge in [-0.25, -0.2) is 4.52 Å². The van der Waals surface area contributed by atoms with E-state index in [2.05, 4.69) is 34.5 Å². The van der Waals surface area contributed by atoms with Crippen LogP contribution in [-0.4, -0.2) is 63.0 Å². The van der Waals surface area contributed by atoms with E-state index in [1.54, 1.807) is 21.3 Å². The fourth-order valence-corrected chi connectivity index (χ4v) is 5.92. The number of pyridine rings is 1. The second-order valence-corrected chi connectivity index (χ2v) is 10.9. The van der Waals surface area contributed by atoms with Crippen molar-refractivity contribution in [1.82, 2.24) is 9.61 Å². The van der Waals surface area contributed by atoms with E-state index in [1.807, 2.05) is 23.9 Å². The van der Waals surface area contributed by atoms with Crippen molar-refractivity contribution in [3.63, 3.8) is 0 Å². The van der Waals surface area contributed by atoms with E-state index in [-0.39, 0.29) is 0 Å². The molecule has 2 aliphatic rings. The van der Waals surface area contributed by atoms with Crippen LogP contribution in [0, 0.1) is 11.8 Å². The first-order chi connectivity index (χ1) is 17.7. The van der Waals surface area contributed by atoms with Gasteiger partial charge < -0.3 is 23.8 Å². The van der Waals surface area contributed by atoms with E-state index in [4.69, 9.17) is 24.0 Å². The molecule has 0 amide bonds. The van der Waals surface area contributed by atoms with Gasteiger partial charge in [-0.1, -0.05) is 13.0 Å². The smallest absolute Gasteiger partial charge is 0.143 e. The van der Waals surface area contributed by atoms with Crippen molar-refractivity contribution in [2.24, 2.45) is 11.8 Å². The van der Waals surface area contributed by atoms with Gasteiger partial charge in [-0.15, -0.1) is 11.8 Å². The number of rotatable bonds is 12. The first-order valence-electron chi connectivity index (χ1n) is 12.9. The van der Waals surface area contributed by atoms with Gasteiger partial charge >= 0.3 is 0 Å². The fraction of sp³-hybridized carbons (Fsp3) is 0.536. The summed E-state index contributed by atoms with van der Waals surface area (Å²) in [4.78, 5) is 2.59. The molecule has 1 aliphatic heterocycles. The minimum absolute atomic E-state index is 0.488. The highest BCUT2D eigenvalue weighted by Gasteiger charge is 2.31. The molecule has 0 radical (unpaired) electrons. The zero-order valence-electron chi connectivity index (χ0n) is 21.8. The summed E-state index contributed by atoms with van der Waals surface area (Å²) in [6.07, 6.45) is 3.77. The van der Waals surface area contributed by atoms with Gasteiger partial charge in [-0.3, -0.25) is 0 Å². The molecule has 1 aliphatic carbocycles. The summed E-state index contributed by atoms with van der Waals surface area (Å²) in [5.41, 5.74) is 5.21. The molecule has 0 spiro atoms. The summed E-state index contributed by atoms with van der Waals surface area (Å²) in [5, 5.41) is 6.26. The summed E-state index contributed by atoms with van der Waals surface area (Å²) in [6.45, 7) is 6.49. The monoisotopic (exact) mass is 511 g/mol. The molecule has 2 fully saturated rings. The topological polar surface area (TPSA) is 57.5 Å². The predicted molar refractivity (Wildman–Crippen MR) is 145 cm³/mol. The molecule has 3 heterocycles. The number of ether oxygens (including phenoxy) is 4. The maximum atomic E-state index is 5.85. The Morgan fingerprint density at radius 3 is 2.42 bits per heavy atom. The zero-order valence-corrected chi connectivity index (χ0v) is 22.6. The molecule has 3 aromatic rings. The third-order valence-corrected chi connectivity index (χ3v) is 7.85. The number of nitrogens with zero attached hydrogens (tertiary/aromatic N) is 3. The number of fused-ring (bicyclic) bond motifs is 1. The number of thioether (sulfide) groups is 1. The van der Waals surface area contributed by atoms with Crippen LogP contribution in [0.2, 0.25) is 0 Å². The molecule has 36 heavy (non-hydrogen) atoms. The molecular formula is C28H37N3O4S. The lowest BCUT2D eigenvalue weighted by Crippen LogP contribution is -2.32. The van der Waals surface area contributed by atoms with Crippen LogP contribution in [0.3, 0.4) is 0 Å². The van der Waals surface area contributed by atoms with E-state index in [0.29, 0.717) is 12.5 Å². The Kier molecular flexibility index (Phi) is 7.93. The Morgan fingerprint density at radius 2 is 1.81 bits per heavy atom. The molecule has 1 aromatic carbocycles. The highest BCUT2D eigenvalue weighted by molar-refractivity contribution is 7.99. The van der Waals surface area contributed by atoms with Gasteiger partial charge in [0.05, 0.1) is 49.9 Å². The van der Waals surface area contributed by atoms with Gasteiger partial charge in [-0.05, 0) is 60.8 Å². The standard InChI is InChI=1S/C28H37N3O4S/c1-5-36-28-27(30(15-19-9-10-19)16-20-11-12-35-18-20)23-8-6-7-22(31(23)29-28)26-24(33-3)13-21(17-32-2)14-25(26)34-4/h6-8,13-14,19-20H,5,9-12,15-18H2,1-4H3. The summed E-state index contributed by atoms with van der Waals surface area (Å²) in [5.74, 6) is 3.80. The van der Waals surface area contributed by atoms with E-state index >= 15 is 0 Å². The normalized spacial score (nSPS) is 17.6. The number of benzene rings is 1. The number of hydrogen-bond acceptors (Lipinski definition) is 7. The van der Waals surface area contributed by atoms with E-state index in [1.165, 1.54) is 18.5 Å². The third kappa shape index (κ3) is 5.17. The fourth-order valence-electron chi connectivity index (χ4n) is 5.13. The maximum absolute atomic E-state index is 5.85. The summed E-state index contributed by atoms with van der Waals surface area (Å²) < 4.78 is 24.9. The van der Waals surface area contributed by atoms with Crippen molar-refractivity contribution >= 4 is 23.0 Å². The SMILES string of the molecule is CCSc1nn2c(-c3c(OC)cc(COC)cc3OC)cccc2c1N(CC1CC1)CC1CCOC1. The third-order valence-electron chi connectivity index (χ3n) is 7.01. The highest BCUT2D eigenvalue weighted by atomic mass is 32.2. The van der Waals surface area contributed by atoms with Crippen molar-refractivity contribution in [2.45, 2.75) is 37.8 Å². The van der Waals surface area contributed by atoms with E-state index < -0.39 is 0 Å². The maximum Gasteiger partial charge on any atom is 0.143 e. The number of anilines is 1. The van der Waals surface area contributed by atoms with Gasteiger partial charge in [0.2, 0.25) is 0 Å². The van der Waals surface area contributed by atoms with Crippen LogP contribution in [0.15, 0.2) is 35.4 Å². The molecule has 8 heteroatoms. The Hall–Kier alpha value is -2.42. The van der Waals surface area contributed by atoms with Crippen molar-refractivity contribution < 1.29 is 18.9 Å². The Bertz CT molecular complexity index is 1160. The Balaban J connectivity index is 1.65.